The molecule has 0 spiro atoms. The molecule has 3 heteroatoms. The number of allylic oxidation sites excluding steroid dienone is 1. The molecule has 2 amide bonds. The first-order valence-corrected chi connectivity index (χ1v) is 5.80. The van der Waals surface area contributed by atoms with E-state index in [1.54, 1.807) is 6.20 Å². The van der Waals surface area contributed by atoms with Gasteiger partial charge in [0.2, 0.25) is 0 Å². The summed E-state index contributed by atoms with van der Waals surface area (Å²) in [5.74, 6) is 0.503. The van der Waals surface area contributed by atoms with Gasteiger partial charge in [0.05, 0.1) is 0 Å². The molecular weight excluding hydrogens is 212 g/mol. The molecule has 0 aliphatic rings. The zero-order valence-corrected chi connectivity index (χ0v) is 10.9. The van der Waals surface area contributed by atoms with Crippen LogP contribution >= 0.6 is 0 Å². The molecule has 92 valence electrons. The lowest BCUT2D eigenvalue weighted by Gasteiger charge is -2.08. The third-order valence-corrected chi connectivity index (χ3v) is 2.33. The van der Waals surface area contributed by atoms with Crippen molar-refractivity contribution in [3.8, 4) is 0 Å². The van der Waals surface area contributed by atoms with Gasteiger partial charge in [0, 0.05) is 11.9 Å². The van der Waals surface area contributed by atoms with Crippen molar-refractivity contribution >= 4 is 11.7 Å². The lowest BCUT2D eigenvalue weighted by molar-refractivity contribution is 0.255. The Morgan fingerprint density at radius 1 is 1.18 bits per heavy atom. The van der Waals surface area contributed by atoms with Gasteiger partial charge in [-0.15, -0.1) is 0 Å². The molecule has 1 aromatic rings. The van der Waals surface area contributed by atoms with Crippen molar-refractivity contribution in [2.45, 2.75) is 33.6 Å². The van der Waals surface area contributed by atoms with Crippen molar-refractivity contribution in [3.63, 3.8) is 0 Å². The molecule has 3 nitrogen and oxygen atoms in total. The highest BCUT2D eigenvalue weighted by molar-refractivity contribution is 5.89. The van der Waals surface area contributed by atoms with Crippen LogP contribution in [0, 0.1) is 0 Å². The van der Waals surface area contributed by atoms with E-state index in [4.69, 9.17) is 0 Å². The number of amides is 2. The van der Waals surface area contributed by atoms with Crippen molar-refractivity contribution in [3.05, 3.63) is 41.6 Å². The first-order chi connectivity index (χ1) is 7.99. The largest absolute Gasteiger partial charge is 0.323 e. The van der Waals surface area contributed by atoms with E-state index < -0.39 is 0 Å². The van der Waals surface area contributed by atoms with E-state index in [9.17, 15) is 4.79 Å². The Morgan fingerprint density at radius 3 is 2.24 bits per heavy atom. The zero-order valence-electron chi connectivity index (χ0n) is 10.9. The molecule has 2 N–H and O–H groups in total. The fourth-order valence-corrected chi connectivity index (χ4v) is 1.33. The minimum atomic E-state index is -0.219. The Kier molecular flexibility index (Phi) is 4.76. The minimum absolute atomic E-state index is 0.219. The summed E-state index contributed by atoms with van der Waals surface area (Å²) < 4.78 is 0. The normalized spacial score (nSPS) is 9.94. The Hall–Kier alpha value is -1.77. The third-order valence-electron chi connectivity index (χ3n) is 2.33. The number of hydrogen-bond acceptors (Lipinski definition) is 1. The molecule has 0 fully saturated rings. The number of rotatable bonds is 3. The highest BCUT2D eigenvalue weighted by Crippen LogP contribution is 2.16. The molecule has 0 unspecified atom stereocenters. The predicted molar refractivity (Wildman–Crippen MR) is 72.1 cm³/mol. The van der Waals surface area contributed by atoms with Crippen LogP contribution in [0.25, 0.3) is 0 Å². The molecule has 0 aliphatic heterocycles. The van der Waals surface area contributed by atoms with Gasteiger partial charge in [0.1, 0.15) is 0 Å². The average molecular weight is 232 g/mol. The average Bonchev–Trinajstić information content (AvgIpc) is 2.27. The molecule has 1 rings (SSSR count). The van der Waals surface area contributed by atoms with E-state index in [1.165, 1.54) is 5.56 Å². The molecule has 0 atom stereocenters. The molecule has 17 heavy (non-hydrogen) atoms. The van der Waals surface area contributed by atoms with Crippen LogP contribution in [-0.2, 0) is 0 Å². The van der Waals surface area contributed by atoms with E-state index in [0.29, 0.717) is 5.92 Å². The highest BCUT2D eigenvalue weighted by Gasteiger charge is 2.01. The van der Waals surface area contributed by atoms with Crippen molar-refractivity contribution in [2.24, 2.45) is 0 Å². The summed E-state index contributed by atoms with van der Waals surface area (Å²) in [7, 11) is 0. The number of nitrogens with one attached hydrogen (secondary N) is 2. The number of anilines is 1. The van der Waals surface area contributed by atoms with Gasteiger partial charge in [-0.3, -0.25) is 0 Å². The Bertz CT molecular complexity index is 401. The van der Waals surface area contributed by atoms with Gasteiger partial charge < -0.3 is 10.6 Å². The summed E-state index contributed by atoms with van der Waals surface area (Å²) in [6.07, 6.45) is 1.68. The molecule has 0 saturated heterocycles. The van der Waals surface area contributed by atoms with Gasteiger partial charge in [-0.2, -0.15) is 0 Å². The van der Waals surface area contributed by atoms with Crippen molar-refractivity contribution in [1.29, 1.82) is 0 Å². The molecule has 0 bridgehead atoms. The second kappa shape index (κ2) is 6.09. The smallest absolute Gasteiger partial charge is 0.314 e. The first-order valence-electron chi connectivity index (χ1n) is 5.80. The molecule has 0 aliphatic carbocycles. The van der Waals surface area contributed by atoms with Crippen molar-refractivity contribution in [1.82, 2.24) is 5.32 Å². The van der Waals surface area contributed by atoms with Crippen LogP contribution in [0.1, 0.15) is 39.2 Å². The Balaban J connectivity index is 2.57. The van der Waals surface area contributed by atoms with Crippen LogP contribution in [0.3, 0.4) is 0 Å². The van der Waals surface area contributed by atoms with E-state index in [2.05, 4.69) is 24.5 Å². The maximum absolute atomic E-state index is 11.5. The lowest BCUT2D eigenvalue weighted by Crippen LogP contribution is -2.24. The van der Waals surface area contributed by atoms with Gasteiger partial charge in [-0.25, -0.2) is 4.79 Å². The van der Waals surface area contributed by atoms with Crippen LogP contribution in [0.15, 0.2) is 36.0 Å². The Morgan fingerprint density at radius 2 is 1.76 bits per heavy atom. The maximum atomic E-state index is 11.5. The van der Waals surface area contributed by atoms with Gasteiger partial charge in [0.25, 0.3) is 0 Å². The van der Waals surface area contributed by atoms with E-state index >= 15 is 0 Å². The molecule has 1 aromatic carbocycles. The zero-order chi connectivity index (χ0) is 12.8. The second-order valence-corrected chi connectivity index (χ2v) is 4.60. The van der Waals surface area contributed by atoms with E-state index in [-0.39, 0.29) is 6.03 Å². The van der Waals surface area contributed by atoms with Crippen LogP contribution in [0.2, 0.25) is 0 Å². The molecular formula is C14H20N2O. The highest BCUT2D eigenvalue weighted by atomic mass is 16.2. The van der Waals surface area contributed by atoms with Crippen LogP contribution in [0.4, 0.5) is 10.5 Å². The fraction of sp³-hybridized carbons (Fsp3) is 0.357. The van der Waals surface area contributed by atoms with Crippen LogP contribution in [-0.4, -0.2) is 6.03 Å². The molecule has 0 saturated carbocycles. The lowest BCUT2D eigenvalue weighted by atomic mass is 10.0. The van der Waals surface area contributed by atoms with E-state index in [0.717, 1.165) is 11.3 Å². The van der Waals surface area contributed by atoms with Crippen LogP contribution in [0.5, 0.6) is 0 Å². The van der Waals surface area contributed by atoms with Gasteiger partial charge in [-0.05, 0) is 37.5 Å². The van der Waals surface area contributed by atoms with E-state index in [1.807, 2.05) is 38.1 Å². The minimum Gasteiger partial charge on any atom is -0.314 e. The summed E-state index contributed by atoms with van der Waals surface area (Å²) in [4.78, 5) is 11.5. The third kappa shape index (κ3) is 4.72. The van der Waals surface area contributed by atoms with Gasteiger partial charge in [0.15, 0.2) is 0 Å². The summed E-state index contributed by atoms with van der Waals surface area (Å²) in [6.45, 7) is 8.14. The summed E-state index contributed by atoms with van der Waals surface area (Å²) in [5.41, 5.74) is 3.12. The maximum Gasteiger partial charge on any atom is 0.323 e. The standard InChI is InChI=1S/C14H20N2O/c1-10(2)9-15-14(17)16-13-7-5-12(6-8-13)11(3)4/h5-9,11H,1-4H3,(H2,15,16,17). The van der Waals surface area contributed by atoms with Gasteiger partial charge >= 0.3 is 6.03 Å². The SMILES string of the molecule is CC(C)=CNC(=O)Nc1ccc(C(C)C)cc1. The quantitative estimate of drug-likeness (QED) is 0.816. The van der Waals surface area contributed by atoms with Gasteiger partial charge in [-0.1, -0.05) is 31.6 Å². The molecule has 0 radical (unpaired) electrons. The summed E-state index contributed by atoms with van der Waals surface area (Å²) in [6, 6.07) is 7.67. The van der Waals surface area contributed by atoms with Crippen LogP contribution < -0.4 is 10.6 Å². The fourth-order valence-electron chi connectivity index (χ4n) is 1.33. The Labute approximate surface area is 103 Å². The number of carbonyl (C=O) groups is 1. The predicted octanol–water partition coefficient (Wildman–Crippen LogP) is 3.86. The number of urea groups is 1. The number of benzene rings is 1. The molecule has 0 heterocycles. The molecule has 0 aromatic heterocycles. The van der Waals surface area contributed by atoms with Crippen molar-refractivity contribution in [2.75, 3.05) is 5.32 Å². The summed E-state index contributed by atoms with van der Waals surface area (Å²) in [5, 5.41) is 5.42. The number of carbonyl (C=O) groups excluding carboxylic acids is 1. The second-order valence-electron chi connectivity index (χ2n) is 4.60. The van der Waals surface area contributed by atoms with Crippen molar-refractivity contribution < 1.29 is 4.79 Å². The first kappa shape index (κ1) is 13.3. The number of hydrogen-bond donors (Lipinski definition) is 2. The summed E-state index contributed by atoms with van der Waals surface area (Å²) >= 11 is 0. The monoisotopic (exact) mass is 232 g/mol. The topological polar surface area (TPSA) is 41.1 Å².